The zero-order chi connectivity index (χ0) is 11.1. The summed E-state index contributed by atoms with van der Waals surface area (Å²) in [6.45, 7) is 2.90. The van der Waals surface area contributed by atoms with Crippen LogP contribution in [0.3, 0.4) is 0 Å². The molecule has 1 unspecified atom stereocenters. The molecule has 1 amide bonds. The second-order valence-electron chi connectivity index (χ2n) is 2.98. The zero-order valence-corrected chi connectivity index (χ0v) is 9.00. The number of rotatable bonds is 6. The highest BCUT2D eigenvalue weighted by Gasteiger charge is 2.18. The molecule has 0 rings (SSSR count). The normalized spacial score (nSPS) is 14.5. The van der Waals surface area contributed by atoms with E-state index in [-0.39, 0.29) is 11.7 Å². The van der Waals surface area contributed by atoms with Gasteiger partial charge in [-0.3, -0.25) is 4.79 Å². The van der Waals surface area contributed by atoms with Gasteiger partial charge in [0.15, 0.2) is 0 Å². The van der Waals surface area contributed by atoms with Crippen LogP contribution in [0.2, 0.25) is 0 Å². The summed E-state index contributed by atoms with van der Waals surface area (Å²) >= 11 is 1.29. The predicted molar refractivity (Wildman–Crippen MR) is 54.2 cm³/mol. The lowest BCUT2D eigenvalue weighted by Gasteiger charge is -2.13. The van der Waals surface area contributed by atoms with Gasteiger partial charge in [0.05, 0.1) is 6.10 Å². The van der Waals surface area contributed by atoms with Crippen molar-refractivity contribution in [3.63, 3.8) is 0 Å². The van der Waals surface area contributed by atoms with Gasteiger partial charge in [-0.05, 0) is 6.92 Å². The minimum absolute atomic E-state index is 0.264. The van der Waals surface area contributed by atoms with E-state index in [9.17, 15) is 9.59 Å². The summed E-state index contributed by atoms with van der Waals surface area (Å²) in [5.74, 6) is -0.697. The fourth-order valence-electron chi connectivity index (χ4n) is 0.777. The maximum absolute atomic E-state index is 10.6. The third kappa shape index (κ3) is 6.73. The van der Waals surface area contributed by atoms with Gasteiger partial charge in [-0.2, -0.15) is 11.8 Å². The van der Waals surface area contributed by atoms with Gasteiger partial charge >= 0.3 is 5.97 Å². The molecule has 2 atom stereocenters. The molecule has 3 N–H and O–H groups in total. The molecule has 0 fully saturated rings. The van der Waals surface area contributed by atoms with Crippen molar-refractivity contribution in [3.8, 4) is 0 Å². The van der Waals surface area contributed by atoms with Gasteiger partial charge in [-0.15, -0.1) is 0 Å². The lowest BCUT2D eigenvalue weighted by atomic mass is 10.3. The van der Waals surface area contributed by atoms with Gasteiger partial charge in [0, 0.05) is 18.4 Å². The SMILES string of the molecule is CC(=O)N[C@@H](CSCC(C)O)C(=O)O. The first kappa shape index (κ1) is 13.2. The van der Waals surface area contributed by atoms with E-state index in [4.69, 9.17) is 10.2 Å². The van der Waals surface area contributed by atoms with E-state index >= 15 is 0 Å². The second-order valence-corrected chi connectivity index (χ2v) is 4.05. The summed E-state index contributed by atoms with van der Waals surface area (Å²) in [6.07, 6.45) is -0.466. The molecule has 0 radical (unpaired) electrons. The molecule has 0 saturated heterocycles. The van der Waals surface area contributed by atoms with Crippen molar-refractivity contribution in [2.24, 2.45) is 0 Å². The molecular weight excluding hydrogens is 206 g/mol. The fraction of sp³-hybridized carbons (Fsp3) is 0.750. The highest BCUT2D eigenvalue weighted by molar-refractivity contribution is 7.99. The van der Waals surface area contributed by atoms with Crippen molar-refractivity contribution in [2.45, 2.75) is 26.0 Å². The van der Waals surface area contributed by atoms with Crippen LogP contribution in [0.1, 0.15) is 13.8 Å². The van der Waals surface area contributed by atoms with Crippen molar-refractivity contribution >= 4 is 23.6 Å². The van der Waals surface area contributed by atoms with Crippen LogP contribution in [0, 0.1) is 0 Å². The Morgan fingerprint density at radius 3 is 2.36 bits per heavy atom. The molecule has 6 heteroatoms. The van der Waals surface area contributed by atoms with Crippen LogP contribution in [0.15, 0.2) is 0 Å². The Labute approximate surface area is 86.9 Å². The van der Waals surface area contributed by atoms with Crippen LogP contribution >= 0.6 is 11.8 Å². The minimum Gasteiger partial charge on any atom is -0.480 e. The number of aliphatic hydroxyl groups is 1. The summed E-state index contributed by atoms with van der Waals surface area (Å²) in [7, 11) is 0. The Kier molecular flexibility index (Phi) is 6.31. The van der Waals surface area contributed by atoms with Gasteiger partial charge in [0.25, 0.3) is 0 Å². The third-order valence-electron chi connectivity index (χ3n) is 1.32. The average Bonchev–Trinajstić information content (AvgIpc) is 2.00. The van der Waals surface area contributed by atoms with Crippen LogP contribution in [0.5, 0.6) is 0 Å². The zero-order valence-electron chi connectivity index (χ0n) is 8.19. The van der Waals surface area contributed by atoms with E-state index < -0.39 is 18.1 Å². The number of carbonyl (C=O) groups is 2. The lowest BCUT2D eigenvalue weighted by molar-refractivity contribution is -0.140. The first-order valence-electron chi connectivity index (χ1n) is 4.19. The summed E-state index contributed by atoms with van der Waals surface area (Å²) in [5.41, 5.74) is 0. The molecule has 0 bridgehead atoms. The monoisotopic (exact) mass is 221 g/mol. The van der Waals surface area contributed by atoms with E-state index in [0.29, 0.717) is 5.75 Å². The summed E-state index contributed by atoms with van der Waals surface area (Å²) in [6, 6.07) is -0.878. The van der Waals surface area contributed by atoms with Gasteiger partial charge in [-0.1, -0.05) is 0 Å². The molecule has 0 aromatic carbocycles. The third-order valence-corrected chi connectivity index (χ3v) is 2.61. The van der Waals surface area contributed by atoms with E-state index in [1.807, 2.05) is 0 Å². The number of aliphatic carboxylic acids is 1. The number of thioether (sulfide) groups is 1. The summed E-state index contributed by atoms with van der Waals surface area (Å²) < 4.78 is 0. The molecule has 0 aliphatic carbocycles. The Balaban J connectivity index is 3.86. The fourth-order valence-corrected chi connectivity index (χ4v) is 1.72. The minimum atomic E-state index is -1.06. The number of carboxylic acids is 1. The molecule has 0 aliphatic rings. The summed E-state index contributed by atoms with van der Waals surface area (Å²) in [5, 5.41) is 19.9. The quantitative estimate of drug-likeness (QED) is 0.572. The molecule has 5 nitrogen and oxygen atoms in total. The number of nitrogens with one attached hydrogen (secondary N) is 1. The highest BCUT2D eigenvalue weighted by atomic mass is 32.2. The van der Waals surface area contributed by atoms with E-state index in [1.54, 1.807) is 6.92 Å². The lowest BCUT2D eigenvalue weighted by Crippen LogP contribution is -2.41. The number of amides is 1. The molecule has 0 spiro atoms. The maximum Gasteiger partial charge on any atom is 0.327 e. The Bertz CT molecular complexity index is 208. The number of carboxylic acid groups (broad SMARTS) is 1. The van der Waals surface area contributed by atoms with E-state index in [1.165, 1.54) is 18.7 Å². The molecular formula is C8H15NO4S. The number of hydrogen-bond acceptors (Lipinski definition) is 4. The van der Waals surface area contributed by atoms with Crippen LogP contribution < -0.4 is 5.32 Å². The van der Waals surface area contributed by atoms with Crippen LogP contribution in [-0.2, 0) is 9.59 Å². The van der Waals surface area contributed by atoms with Crippen molar-refractivity contribution in [1.82, 2.24) is 5.32 Å². The second kappa shape index (κ2) is 6.67. The van der Waals surface area contributed by atoms with Gasteiger partial charge in [-0.25, -0.2) is 4.79 Å². The molecule has 0 aliphatic heterocycles. The molecule has 0 aromatic heterocycles. The summed E-state index contributed by atoms with van der Waals surface area (Å²) in [4.78, 5) is 21.2. The molecule has 0 heterocycles. The van der Waals surface area contributed by atoms with Crippen molar-refractivity contribution < 1.29 is 19.8 Å². The van der Waals surface area contributed by atoms with Crippen molar-refractivity contribution in [3.05, 3.63) is 0 Å². The molecule has 14 heavy (non-hydrogen) atoms. The first-order valence-corrected chi connectivity index (χ1v) is 5.34. The smallest absolute Gasteiger partial charge is 0.327 e. The standard InChI is InChI=1S/C8H15NO4S/c1-5(10)3-14-4-7(8(12)13)9-6(2)11/h5,7,10H,3-4H2,1-2H3,(H,9,11)(H,12,13)/t5?,7-/m0/s1. The van der Waals surface area contributed by atoms with E-state index in [2.05, 4.69) is 5.32 Å². The van der Waals surface area contributed by atoms with Crippen molar-refractivity contribution in [2.75, 3.05) is 11.5 Å². The topological polar surface area (TPSA) is 86.6 Å². The van der Waals surface area contributed by atoms with Crippen LogP contribution in [0.4, 0.5) is 0 Å². The highest BCUT2D eigenvalue weighted by Crippen LogP contribution is 2.05. The largest absolute Gasteiger partial charge is 0.480 e. The molecule has 82 valence electrons. The Hall–Kier alpha value is -0.750. The average molecular weight is 221 g/mol. The van der Waals surface area contributed by atoms with Gasteiger partial charge in [0.1, 0.15) is 6.04 Å². The number of aliphatic hydroxyl groups excluding tert-OH is 1. The Morgan fingerprint density at radius 1 is 1.43 bits per heavy atom. The maximum atomic E-state index is 10.6. The van der Waals surface area contributed by atoms with E-state index in [0.717, 1.165) is 0 Å². The van der Waals surface area contributed by atoms with Gasteiger partial charge in [0.2, 0.25) is 5.91 Å². The first-order chi connectivity index (χ1) is 6.43. The van der Waals surface area contributed by atoms with Gasteiger partial charge < -0.3 is 15.5 Å². The number of carbonyl (C=O) groups excluding carboxylic acids is 1. The number of hydrogen-bond donors (Lipinski definition) is 3. The van der Waals surface area contributed by atoms with Crippen LogP contribution in [0.25, 0.3) is 0 Å². The van der Waals surface area contributed by atoms with Crippen molar-refractivity contribution in [1.29, 1.82) is 0 Å². The molecule has 0 saturated carbocycles. The Morgan fingerprint density at radius 2 is 2.00 bits per heavy atom. The predicted octanol–water partition coefficient (Wildman–Crippen LogP) is -0.310. The molecule has 0 aromatic rings. The van der Waals surface area contributed by atoms with Crippen LogP contribution in [-0.4, -0.2) is 45.7 Å².